The van der Waals surface area contributed by atoms with Crippen molar-refractivity contribution < 1.29 is 21.6 Å². The molecule has 0 fully saturated rings. The molecule has 150 valence electrons. The Labute approximate surface area is 164 Å². The van der Waals surface area contributed by atoms with E-state index in [-0.39, 0.29) is 21.2 Å². The summed E-state index contributed by atoms with van der Waals surface area (Å²) >= 11 is 0.914. The van der Waals surface area contributed by atoms with Crippen molar-refractivity contribution in [2.45, 2.75) is 37.2 Å². The van der Waals surface area contributed by atoms with Crippen LogP contribution in [0, 0.1) is 20.8 Å². The van der Waals surface area contributed by atoms with Gasteiger partial charge in [0.25, 0.3) is 10.0 Å². The second kappa shape index (κ2) is 7.34. The highest BCUT2D eigenvalue weighted by molar-refractivity contribution is 7.91. The first-order valence-electron chi connectivity index (χ1n) is 8.27. The Morgan fingerprint density at radius 2 is 1.71 bits per heavy atom. The molecule has 1 atom stereocenters. The number of thiophene rings is 1. The third kappa shape index (κ3) is 3.98. The maximum atomic E-state index is 13.9. The van der Waals surface area contributed by atoms with Gasteiger partial charge in [-0.3, -0.25) is 0 Å². The van der Waals surface area contributed by atoms with Crippen LogP contribution in [0.3, 0.4) is 0 Å². The van der Waals surface area contributed by atoms with E-state index in [2.05, 4.69) is 5.10 Å². The standard InChI is InChI=1S/C18H18F3N3O2S2/c1-11-9-10-15(27-11)28(25,26)23-17(18(19,20)21)16-12(2)22-24(13(16)3)14-7-5-4-6-8-14/h4-10,17,23H,1-3H3. The predicted octanol–water partition coefficient (Wildman–Crippen LogP) is 4.44. The molecule has 1 N–H and O–H groups in total. The smallest absolute Gasteiger partial charge is 0.237 e. The van der Waals surface area contributed by atoms with Gasteiger partial charge in [0.05, 0.1) is 11.4 Å². The SMILES string of the molecule is Cc1ccc(S(=O)(=O)NC(c2c(C)nn(-c3ccccc3)c2C)C(F)(F)F)s1. The molecule has 10 heteroatoms. The van der Waals surface area contributed by atoms with Crippen molar-refractivity contribution in [3.05, 3.63) is 64.3 Å². The van der Waals surface area contributed by atoms with Crippen LogP contribution < -0.4 is 4.72 Å². The average Bonchev–Trinajstić information content (AvgIpc) is 3.17. The van der Waals surface area contributed by atoms with Crippen LogP contribution in [0.5, 0.6) is 0 Å². The molecule has 1 unspecified atom stereocenters. The maximum Gasteiger partial charge on any atom is 0.409 e. The summed E-state index contributed by atoms with van der Waals surface area (Å²) in [4.78, 5) is 0.688. The monoisotopic (exact) mass is 429 g/mol. The summed E-state index contributed by atoms with van der Waals surface area (Å²) in [7, 11) is -4.35. The molecule has 2 aromatic heterocycles. The van der Waals surface area contributed by atoms with Crippen LogP contribution in [-0.2, 0) is 10.0 Å². The van der Waals surface area contributed by atoms with Crippen molar-refractivity contribution in [3.63, 3.8) is 0 Å². The molecule has 0 radical (unpaired) electrons. The van der Waals surface area contributed by atoms with Gasteiger partial charge in [0.2, 0.25) is 0 Å². The molecule has 0 saturated carbocycles. The lowest BCUT2D eigenvalue weighted by Crippen LogP contribution is -2.38. The predicted molar refractivity (Wildman–Crippen MR) is 101 cm³/mol. The van der Waals surface area contributed by atoms with Gasteiger partial charge in [0.15, 0.2) is 0 Å². The Morgan fingerprint density at radius 3 is 2.25 bits per heavy atom. The molecule has 0 aliphatic carbocycles. The topological polar surface area (TPSA) is 64.0 Å². The summed E-state index contributed by atoms with van der Waals surface area (Å²) < 4.78 is 69.7. The van der Waals surface area contributed by atoms with Crippen LogP contribution in [0.15, 0.2) is 46.7 Å². The van der Waals surface area contributed by atoms with E-state index in [1.54, 1.807) is 43.3 Å². The van der Waals surface area contributed by atoms with E-state index in [1.807, 2.05) is 4.72 Å². The molecule has 0 saturated heterocycles. The number of alkyl halides is 3. The molecule has 2 heterocycles. The molecule has 1 aromatic carbocycles. The zero-order valence-corrected chi connectivity index (χ0v) is 16.9. The Balaban J connectivity index is 2.08. The van der Waals surface area contributed by atoms with Gasteiger partial charge in [-0.05, 0) is 45.0 Å². The molecule has 0 aliphatic heterocycles. The number of para-hydroxylation sites is 1. The van der Waals surface area contributed by atoms with Crippen LogP contribution in [0.2, 0.25) is 0 Å². The average molecular weight is 429 g/mol. The minimum Gasteiger partial charge on any atom is -0.237 e. The van der Waals surface area contributed by atoms with E-state index < -0.39 is 22.2 Å². The fourth-order valence-electron chi connectivity index (χ4n) is 2.95. The summed E-state index contributed by atoms with van der Waals surface area (Å²) in [6, 6.07) is 9.13. The number of benzene rings is 1. The lowest BCUT2D eigenvalue weighted by Gasteiger charge is -2.22. The number of hydrogen-bond donors (Lipinski definition) is 1. The lowest BCUT2D eigenvalue weighted by molar-refractivity contribution is -0.153. The minimum absolute atomic E-state index is 0.105. The van der Waals surface area contributed by atoms with Crippen molar-refractivity contribution in [2.75, 3.05) is 0 Å². The summed E-state index contributed by atoms with van der Waals surface area (Å²) in [6.45, 7) is 4.61. The van der Waals surface area contributed by atoms with E-state index in [0.717, 1.165) is 11.3 Å². The van der Waals surface area contributed by atoms with Crippen molar-refractivity contribution >= 4 is 21.4 Å². The second-order valence-electron chi connectivity index (χ2n) is 6.29. The third-order valence-electron chi connectivity index (χ3n) is 4.22. The van der Waals surface area contributed by atoms with Crippen molar-refractivity contribution in [1.82, 2.24) is 14.5 Å². The van der Waals surface area contributed by atoms with Crippen LogP contribution in [-0.4, -0.2) is 24.4 Å². The fourth-order valence-corrected chi connectivity index (χ4v) is 5.44. The van der Waals surface area contributed by atoms with Gasteiger partial charge >= 0.3 is 6.18 Å². The Kier molecular flexibility index (Phi) is 5.39. The van der Waals surface area contributed by atoms with Gasteiger partial charge in [-0.15, -0.1) is 11.3 Å². The molecular weight excluding hydrogens is 411 g/mol. The molecule has 0 bridgehead atoms. The second-order valence-corrected chi connectivity index (χ2v) is 9.52. The molecule has 0 aliphatic rings. The minimum atomic E-state index is -4.83. The van der Waals surface area contributed by atoms with E-state index >= 15 is 0 Å². The Bertz CT molecular complexity index is 1090. The maximum absolute atomic E-state index is 13.9. The number of nitrogens with one attached hydrogen (secondary N) is 1. The van der Waals surface area contributed by atoms with Crippen molar-refractivity contribution in [2.24, 2.45) is 0 Å². The molecule has 3 aromatic rings. The molecule has 28 heavy (non-hydrogen) atoms. The number of rotatable bonds is 5. The normalized spacial score (nSPS) is 13.6. The van der Waals surface area contributed by atoms with Gasteiger partial charge in [0.1, 0.15) is 10.3 Å². The first-order chi connectivity index (χ1) is 13.0. The summed E-state index contributed by atoms with van der Waals surface area (Å²) in [5.74, 6) is 0. The number of nitrogens with zero attached hydrogens (tertiary/aromatic N) is 2. The quantitative estimate of drug-likeness (QED) is 0.652. The zero-order valence-electron chi connectivity index (χ0n) is 15.3. The van der Waals surface area contributed by atoms with Crippen LogP contribution in [0.1, 0.15) is 27.9 Å². The first-order valence-corrected chi connectivity index (χ1v) is 10.6. The summed E-state index contributed by atoms with van der Waals surface area (Å²) in [5.41, 5.74) is 0.713. The van der Waals surface area contributed by atoms with Gasteiger partial charge in [-0.2, -0.15) is 23.0 Å². The molecule has 5 nitrogen and oxygen atoms in total. The number of halogens is 3. The summed E-state index contributed by atoms with van der Waals surface area (Å²) in [6.07, 6.45) is -4.83. The Morgan fingerprint density at radius 1 is 1.07 bits per heavy atom. The van der Waals surface area contributed by atoms with Gasteiger partial charge in [-0.1, -0.05) is 18.2 Å². The molecule has 0 amide bonds. The first kappa shape index (κ1) is 20.6. The molecule has 3 rings (SSSR count). The van der Waals surface area contributed by atoms with E-state index in [1.165, 1.54) is 24.6 Å². The van der Waals surface area contributed by atoms with Crippen LogP contribution in [0.25, 0.3) is 5.69 Å². The highest BCUT2D eigenvalue weighted by Crippen LogP contribution is 2.38. The summed E-state index contributed by atoms with van der Waals surface area (Å²) in [5, 5.41) is 4.21. The highest BCUT2D eigenvalue weighted by atomic mass is 32.2. The van der Waals surface area contributed by atoms with Crippen LogP contribution in [0.4, 0.5) is 13.2 Å². The fraction of sp³-hybridized carbons (Fsp3) is 0.278. The van der Waals surface area contributed by atoms with E-state index in [9.17, 15) is 21.6 Å². The number of hydrogen-bond acceptors (Lipinski definition) is 4. The number of aromatic nitrogens is 2. The number of sulfonamides is 1. The largest absolute Gasteiger partial charge is 0.409 e. The van der Waals surface area contributed by atoms with Gasteiger partial charge in [0, 0.05) is 16.1 Å². The van der Waals surface area contributed by atoms with Crippen LogP contribution >= 0.6 is 11.3 Å². The van der Waals surface area contributed by atoms with E-state index in [0.29, 0.717) is 10.6 Å². The van der Waals surface area contributed by atoms with E-state index in [4.69, 9.17) is 0 Å². The zero-order chi connectivity index (χ0) is 20.7. The highest BCUT2D eigenvalue weighted by Gasteiger charge is 2.46. The van der Waals surface area contributed by atoms with Gasteiger partial charge < -0.3 is 0 Å². The number of aryl methyl sites for hydroxylation is 2. The Hall–Kier alpha value is -2.17. The molecular formula is C18H18F3N3O2S2. The van der Waals surface area contributed by atoms with Gasteiger partial charge in [-0.25, -0.2) is 13.1 Å². The van der Waals surface area contributed by atoms with Crippen molar-refractivity contribution in [3.8, 4) is 5.69 Å². The molecule has 0 spiro atoms. The van der Waals surface area contributed by atoms with Crippen molar-refractivity contribution in [1.29, 1.82) is 0 Å². The third-order valence-corrected chi connectivity index (χ3v) is 7.13. The lowest BCUT2D eigenvalue weighted by atomic mass is 10.1.